The van der Waals surface area contributed by atoms with Gasteiger partial charge in [-0.1, -0.05) is 30.3 Å². The van der Waals surface area contributed by atoms with Gasteiger partial charge >= 0.3 is 0 Å². The van der Waals surface area contributed by atoms with Gasteiger partial charge in [-0.15, -0.1) is 0 Å². The molecule has 1 aromatic rings. The molecular formula is C12H15NO2. The molecule has 3 nitrogen and oxygen atoms in total. The van der Waals surface area contributed by atoms with E-state index in [0.717, 1.165) is 25.3 Å². The number of rotatable bonds is 1. The first-order chi connectivity index (χ1) is 7.31. The van der Waals surface area contributed by atoms with Crippen LogP contribution in [0.1, 0.15) is 5.56 Å². The van der Waals surface area contributed by atoms with Crippen LogP contribution in [0.2, 0.25) is 0 Å². The molecule has 0 bridgehead atoms. The molecule has 0 spiro atoms. The van der Waals surface area contributed by atoms with Crippen LogP contribution in [0.5, 0.6) is 0 Å². The number of hydrogen-bond donors (Lipinski definition) is 1. The maximum atomic E-state index is 10.6. The lowest BCUT2D eigenvalue weighted by Gasteiger charge is -2.56. The first-order valence-electron chi connectivity index (χ1n) is 5.40. The fraction of sp³-hybridized carbons (Fsp3) is 0.500. The molecule has 2 aliphatic rings. The van der Waals surface area contributed by atoms with E-state index in [-0.39, 0.29) is 6.04 Å². The fourth-order valence-corrected chi connectivity index (χ4v) is 2.58. The van der Waals surface area contributed by atoms with Crippen molar-refractivity contribution in [2.75, 3.05) is 26.3 Å². The fourth-order valence-electron chi connectivity index (χ4n) is 2.58. The van der Waals surface area contributed by atoms with Crippen molar-refractivity contribution in [3.63, 3.8) is 0 Å². The Hall–Kier alpha value is -0.900. The highest BCUT2D eigenvalue weighted by Gasteiger charge is 2.53. The van der Waals surface area contributed by atoms with Crippen molar-refractivity contribution >= 4 is 0 Å². The average molecular weight is 205 g/mol. The predicted molar refractivity (Wildman–Crippen MR) is 56.5 cm³/mol. The monoisotopic (exact) mass is 205 g/mol. The van der Waals surface area contributed by atoms with Gasteiger partial charge in [0.15, 0.2) is 0 Å². The van der Waals surface area contributed by atoms with Crippen molar-refractivity contribution in [1.29, 1.82) is 0 Å². The van der Waals surface area contributed by atoms with E-state index in [2.05, 4.69) is 4.90 Å². The molecule has 15 heavy (non-hydrogen) atoms. The maximum Gasteiger partial charge on any atom is 0.120 e. The largest absolute Gasteiger partial charge is 0.382 e. The Morgan fingerprint density at radius 1 is 1.33 bits per heavy atom. The Labute approximate surface area is 89.3 Å². The number of hydrogen-bond acceptors (Lipinski definition) is 3. The van der Waals surface area contributed by atoms with Crippen LogP contribution in [0.15, 0.2) is 30.3 Å². The number of ether oxygens (including phenoxy) is 1. The van der Waals surface area contributed by atoms with E-state index in [1.165, 1.54) is 0 Å². The van der Waals surface area contributed by atoms with Crippen molar-refractivity contribution in [3.05, 3.63) is 35.9 Å². The second-order valence-electron chi connectivity index (χ2n) is 4.35. The van der Waals surface area contributed by atoms with Crippen LogP contribution in [0.3, 0.4) is 0 Å². The molecule has 2 heterocycles. The Morgan fingerprint density at radius 2 is 2.13 bits per heavy atom. The van der Waals surface area contributed by atoms with Gasteiger partial charge < -0.3 is 9.84 Å². The highest BCUT2D eigenvalue weighted by atomic mass is 16.5. The van der Waals surface area contributed by atoms with E-state index in [1.54, 1.807) is 0 Å². The van der Waals surface area contributed by atoms with Crippen LogP contribution >= 0.6 is 0 Å². The summed E-state index contributed by atoms with van der Waals surface area (Å²) in [7, 11) is 0. The van der Waals surface area contributed by atoms with Gasteiger partial charge in [-0.25, -0.2) is 0 Å². The second-order valence-corrected chi connectivity index (χ2v) is 4.35. The molecule has 80 valence electrons. The molecule has 2 aliphatic heterocycles. The van der Waals surface area contributed by atoms with Crippen molar-refractivity contribution in [2.24, 2.45) is 0 Å². The molecule has 1 aromatic carbocycles. The molecule has 0 aliphatic carbocycles. The molecule has 3 rings (SSSR count). The molecule has 0 unspecified atom stereocenters. The SMILES string of the molecule is O[C@]1(c2ccccc2)CN2CCOC[C@@H]21. The zero-order valence-electron chi connectivity index (χ0n) is 8.60. The summed E-state index contributed by atoms with van der Waals surface area (Å²) < 4.78 is 5.42. The molecule has 0 amide bonds. The lowest BCUT2D eigenvalue weighted by Crippen LogP contribution is -2.71. The van der Waals surface area contributed by atoms with Gasteiger partial charge in [0.1, 0.15) is 5.60 Å². The van der Waals surface area contributed by atoms with Crippen LogP contribution in [0.4, 0.5) is 0 Å². The summed E-state index contributed by atoms with van der Waals surface area (Å²) in [5.74, 6) is 0. The predicted octanol–water partition coefficient (Wildman–Crippen LogP) is 0.589. The van der Waals surface area contributed by atoms with Gasteiger partial charge in [-0.05, 0) is 5.56 Å². The quantitative estimate of drug-likeness (QED) is 0.728. The Kier molecular flexibility index (Phi) is 2.06. The molecule has 1 N–H and O–H groups in total. The topological polar surface area (TPSA) is 32.7 Å². The van der Waals surface area contributed by atoms with E-state index in [0.29, 0.717) is 6.61 Å². The zero-order chi connectivity index (χ0) is 10.3. The zero-order valence-corrected chi connectivity index (χ0v) is 8.60. The van der Waals surface area contributed by atoms with E-state index in [9.17, 15) is 5.11 Å². The van der Waals surface area contributed by atoms with Crippen LogP contribution in [0.25, 0.3) is 0 Å². The van der Waals surface area contributed by atoms with Gasteiger partial charge in [0, 0.05) is 13.1 Å². The summed E-state index contributed by atoms with van der Waals surface area (Å²) in [6.45, 7) is 3.12. The second kappa shape index (κ2) is 3.30. The lowest BCUT2D eigenvalue weighted by molar-refractivity contribution is -0.206. The minimum Gasteiger partial charge on any atom is -0.382 e. The van der Waals surface area contributed by atoms with Crippen LogP contribution in [-0.2, 0) is 10.3 Å². The normalized spacial score (nSPS) is 35.7. The van der Waals surface area contributed by atoms with Crippen molar-refractivity contribution in [3.8, 4) is 0 Å². The summed E-state index contributed by atoms with van der Waals surface area (Å²) in [6, 6.07) is 10.0. The summed E-state index contributed by atoms with van der Waals surface area (Å²) >= 11 is 0. The molecule has 3 heteroatoms. The van der Waals surface area contributed by atoms with Crippen molar-refractivity contribution < 1.29 is 9.84 Å². The summed E-state index contributed by atoms with van der Waals surface area (Å²) in [6.07, 6.45) is 0. The highest BCUT2D eigenvalue weighted by Crippen LogP contribution is 2.39. The van der Waals surface area contributed by atoms with E-state index < -0.39 is 5.60 Å². The van der Waals surface area contributed by atoms with E-state index in [1.807, 2.05) is 30.3 Å². The summed E-state index contributed by atoms with van der Waals surface area (Å²) in [5, 5.41) is 10.6. The third-order valence-corrected chi connectivity index (χ3v) is 3.51. The highest BCUT2D eigenvalue weighted by molar-refractivity contribution is 5.29. The Balaban J connectivity index is 1.87. The molecule has 2 saturated heterocycles. The van der Waals surface area contributed by atoms with E-state index in [4.69, 9.17) is 4.74 Å². The maximum absolute atomic E-state index is 10.6. The van der Waals surface area contributed by atoms with Crippen molar-refractivity contribution in [1.82, 2.24) is 4.90 Å². The van der Waals surface area contributed by atoms with Gasteiger partial charge in [0.05, 0.1) is 19.3 Å². The first-order valence-corrected chi connectivity index (χ1v) is 5.40. The van der Waals surface area contributed by atoms with Gasteiger partial charge in [-0.3, -0.25) is 4.90 Å². The smallest absolute Gasteiger partial charge is 0.120 e. The first kappa shape index (κ1) is 9.33. The Bertz CT molecular complexity index is 354. The molecule has 0 aromatic heterocycles. The minimum atomic E-state index is -0.693. The molecule has 0 radical (unpaired) electrons. The summed E-state index contributed by atoms with van der Waals surface area (Å²) in [5.41, 5.74) is 0.318. The van der Waals surface area contributed by atoms with Gasteiger partial charge in [0.25, 0.3) is 0 Å². The molecule has 0 saturated carbocycles. The van der Waals surface area contributed by atoms with E-state index >= 15 is 0 Å². The number of morpholine rings is 1. The average Bonchev–Trinajstić information content (AvgIpc) is 2.29. The number of fused-ring (bicyclic) bond motifs is 1. The molecule has 2 fully saturated rings. The van der Waals surface area contributed by atoms with Gasteiger partial charge in [0.2, 0.25) is 0 Å². The number of nitrogens with zero attached hydrogens (tertiary/aromatic N) is 1. The lowest BCUT2D eigenvalue weighted by atomic mass is 9.77. The number of aliphatic hydroxyl groups is 1. The Morgan fingerprint density at radius 3 is 2.87 bits per heavy atom. The molecular weight excluding hydrogens is 190 g/mol. The third kappa shape index (κ3) is 1.31. The van der Waals surface area contributed by atoms with Crippen LogP contribution in [-0.4, -0.2) is 42.4 Å². The minimum absolute atomic E-state index is 0.147. The molecule has 2 atom stereocenters. The van der Waals surface area contributed by atoms with Crippen LogP contribution in [0, 0.1) is 0 Å². The third-order valence-electron chi connectivity index (χ3n) is 3.51. The summed E-state index contributed by atoms with van der Waals surface area (Å²) in [4.78, 5) is 2.29. The number of benzene rings is 1. The van der Waals surface area contributed by atoms with Crippen LogP contribution < -0.4 is 0 Å². The standard InChI is InChI=1S/C12H15NO2/c14-12(10-4-2-1-3-5-10)9-13-6-7-15-8-11(12)13/h1-5,11,14H,6-9H2/t11-,12+/m1/s1. The van der Waals surface area contributed by atoms with Gasteiger partial charge in [-0.2, -0.15) is 0 Å². The van der Waals surface area contributed by atoms with Crippen molar-refractivity contribution in [2.45, 2.75) is 11.6 Å².